The molecular formula is C8H9F2N3O2. The summed E-state index contributed by atoms with van der Waals surface area (Å²) < 4.78 is 23.8. The Morgan fingerprint density at radius 2 is 2.33 bits per heavy atom. The summed E-state index contributed by atoms with van der Waals surface area (Å²) in [5.41, 5.74) is 0.116. The van der Waals surface area contributed by atoms with Crippen molar-refractivity contribution in [2.75, 3.05) is 11.9 Å². The monoisotopic (exact) mass is 217 g/mol. The highest BCUT2D eigenvalue weighted by atomic mass is 19.3. The van der Waals surface area contributed by atoms with Crippen LogP contribution >= 0.6 is 0 Å². The van der Waals surface area contributed by atoms with Gasteiger partial charge in [-0.3, -0.25) is 10.1 Å². The van der Waals surface area contributed by atoms with Crippen LogP contribution in [0.25, 0.3) is 0 Å². The average Bonchev–Trinajstić information content (AvgIpc) is 2.13. The lowest BCUT2D eigenvalue weighted by Crippen LogP contribution is -2.13. The summed E-state index contributed by atoms with van der Waals surface area (Å²) >= 11 is 0. The lowest BCUT2D eigenvalue weighted by molar-refractivity contribution is -0.384. The Labute approximate surface area is 84.3 Å². The first-order chi connectivity index (χ1) is 7.02. The second-order valence-corrected chi connectivity index (χ2v) is 2.85. The molecule has 0 aromatic carbocycles. The molecule has 0 bridgehead atoms. The third kappa shape index (κ3) is 2.83. The number of aromatic nitrogens is 1. The molecule has 1 heterocycles. The van der Waals surface area contributed by atoms with E-state index in [9.17, 15) is 18.9 Å². The number of anilines is 1. The first-order valence-electron chi connectivity index (χ1n) is 4.14. The van der Waals surface area contributed by atoms with E-state index in [0.29, 0.717) is 5.56 Å². The molecule has 1 N–H and O–H groups in total. The van der Waals surface area contributed by atoms with Gasteiger partial charge in [0.15, 0.2) is 0 Å². The Kier molecular flexibility index (Phi) is 3.48. The number of rotatable bonds is 4. The number of hydrogen-bond donors (Lipinski definition) is 1. The van der Waals surface area contributed by atoms with Crippen molar-refractivity contribution in [3.63, 3.8) is 0 Å². The molecule has 1 aromatic heterocycles. The van der Waals surface area contributed by atoms with Gasteiger partial charge in [-0.25, -0.2) is 13.8 Å². The fraction of sp³-hybridized carbons (Fsp3) is 0.375. The molecule has 0 aliphatic heterocycles. The van der Waals surface area contributed by atoms with Crippen LogP contribution in [0.1, 0.15) is 5.56 Å². The van der Waals surface area contributed by atoms with Crippen molar-refractivity contribution >= 4 is 11.5 Å². The molecule has 0 radical (unpaired) electrons. The SMILES string of the molecule is Cc1ccnc(NCC(F)F)c1[N+](=O)[O-]. The first kappa shape index (κ1) is 11.3. The molecule has 0 aliphatic rings. The fourth-order valence-electron chi connectivity index (χ4n) is 1.08. The van der Waals surface area contributed by atoms with Crippen LogP contribution in [0.5, 0.6) is 0 Å². The van der Waals surface area contributed by atoms with Gasteiger partial charge in [-0.15, -0.1) is 0 Å². The molecule has 82 valence electrons. The number of aryl methyl sites for hydroxylation is 1. The molecule has 0 spiro atoms. The largest absolute Gasteiger partial charge is 0.359 e. The highest BCUT2D eigenvalue weighted by Crippen LogP contribution is 2.25. The van der Waals surface area contributed by atoms with Gasteiger partial charge in [-0.2, -0.15) is 0 Å². The van der Waals surface area contributed by atoms with Gasteiger partial charge in [0, 0.05) is 11.8 Å². The third-order valence-corrected chi connectivity index (χ3v) is 1.73. The Balaban J connectivity index is 2.96. The van der Waals surface area contributed by atoms with E-state index in [1.54, 1.807) is 0 Å². The minimum absolute atomic E-state index is 0.125. The summed E-state index contributed by atoms with van der Waals surface area (Å²) in [4.78, 5) is 13.6. The van der Waals surface area contributed by atoms with E-state index >= 15 is 0 Å². The van der Waals surface area contributed by atoms with Crippen LogP contribution in [0.4, 0.5) is 20.3 Å². The molecule has 0 aliphatic carbocycles. The molecule has 0 atom stereocenters. The normalized spacial score (nSPS) is 10.4. The van der Waals surface area contributed by atoms with E-state index in [1.165, 1.54) is 19.2 Å². The highest BCUT2D eigenvalue weighted by Gasteiger charge is 2.18. The van der Waals surface area contributed by atoms with Gasteiger partial charge in [0.05, 0.1) is 11.5 Å². The van der Waals surface area contributed by atoms with Crippen LogP contribution in [0.3, 0.4) is 0 Å². The molecule has 0 saturated carbocycles. The van der Waals surface area contributed by atoms with Crippen LogP contribution < -0.4 is 5.32 Å². The number of pyridine rings is 1. The van der Waals surface area contributed by atoms with E-state index < -0.39 is 17.9 Å². The second kappa shape index (κ2) is 4.63. The predicted molar refractivity (Wildman–Crippen MR) is 50.1 cm³/mol. The fourth-order valence-corrected chi connectivity index (χ4v) is 1.08. The van der Waals surface area contributed by atoms with E-state index in [1.807, 2.05) is 0 Å². The molecule has 0 unspecified atom stereocenters. The lowest BCUT2D eigenvalue weighted by Gasteiger charge is -2.06. The van der Waals surface area contributed by atoms with Gasteiger partial charge in [0.2, 0.25) is 5.82 Å². The van der Waals surface area contributed by atoms with E-state index in [4.69, 9.17) is 0 Å². The minimum atomic E-state index is -2.58. The smallest absolute Gasteiger partial charge is 0.314 e. The van der Waals surface area contributed by atoms with Crippen molar-refractivity contribution in [1.82, 2.24) is 4.98 Å². The molecule has 0 saturated heterocycles. The van der Waals surface area contributed by atoms with Crippen LogP contribution in [-0.2, 0) is 0 Å². The number of halogens is 2. The first-order valence-corrected chi connectivity index (χ1v) is 4.14. The number of alkyl halides is 2. The summed E-state index contributed by atoms with van der Waals surface area (Å²) in [6.07, 6.45) is -1.25. The maximum absolute atomic E-state index is 11.9. The minimum Gasteiger partial charge on any atom is -0.359 e. The van der Waals surface area contributed by atoms with Gasteiger partial charge in [0.1, 0.15) is 0 Å². The molecule has 5 nitrogen and oxygen atoms in total. The van der Waals surface area contributed by atoms with Crippen molar-refractivity contribution < 1.29 is 13.7 Å². The molecule has 1 rings (SSSR count). The van der Waals surface area contributed by atoms with E-state index in [-0.39, 0.29) is 11.5 Å². The summed E-state index contributed by atoms with van der Waals surface area (Å²) in [6.45, 7) is 0.866. The number of nitrogens with zero attached hydrogens (tertiary/aromatic N) is 2. The van der Waals surface area contributed by atoms with Crippen molar-refractivity contribution in [2.45, 2.75) is 13.3 Å². The van der Waals surface area contributed by atoms with Crippen LogP contribution in [-0.4, -0.2) is 22.9 Å². The predicted octanol–water partition coefficient (Wildman–Crippen LogP) is 1.98. The summed E-state index contributed by atoms with van der Waals surface area (Å²) in [6, 6.07) is 1.45. The van der Waals surface area contributed by atoms with Crippen LogP contribution in [0.2, 0.25) is 0 Å². The van der Waals surface area contributed by atoms with Gasteiger partial charge >= 0.3 is 5.69 Å². The van der Waals surface area contributed by atoms with Crippen molar-refractivity contribution in [2.24, 2.45) is 0 Å². The van der Waals surface area contributed by atoms with E-state index in [2.05, 4.69) is 10.3 Å². The molecule has 15 heavy (non-hydrogen) atoms. The van der Waals surface area contributed by atoms with Crippen LogP contribution in [0, 0.1) is 17.0 Å². The standard InChI is InChI=1S/C8H9F2N3O2/c1-5-2-3-11-8(7(5)13(14)15)12-4-6(9)10/h2-3,6H,4H2,1H3,(H,11,12). The summed E-state index contributed by atoms with van der Waals surface area (Å²) in [5.74, 6) is -0.125. The molecule has 0 amide bonds. The summed E-state index contributed by atoms with van der Waals surface area (Å²) in [7, 11) is 0. The Morgan fingerprint density at radius 3 is 2.87 bits per heavy atom. The highest BCUT2D eigenvalue weighted by molar-refractivity contribution is 5.59. The van der Waals surface area contributed by atoms with E-state index in [0.717, 1.165) is 0 Å². The van der Waals surface area contributed by atoms with Gasteiger partial charge in [0.25, 0.3) is 6.43 Å². The lowest BCUT2D eigenvalue weighted by atomic mass is 10.2. The van der Waals surface area contributed by atoms with Crippen molar-refractivity contribution in [3.05, 3.63) is 27.9 Å². The molecular weight excluding hydrogens is 208 g/mol. The Bertz CT molecular complexity index is 371. The second-order valence-electron chi connectivity index (χ2n) is 2.85. The topological polar surface area (TPSA) is 68.1 Å². The number of nitro groups is 1. The Hall–Kier alpha value is -1.79. The average molecular weight is 217 g/mol. The zero-order chi connectivity index (χ0) is 11.4. The van der Waals surface area contributed by atoms with Crippen molar-refractivity contribution in [3.8, 4) is 0 Å². The molecule has 1 aromatic rings. The van der Waals surface area contributed by atoms with Gasteiger partial charge in [-0.05, 0) is 13.0 Å². The maximum atomic E-state index is 11.9. The third-order valence-electron chi connectivity index (χ3n) is 1.73. The van der Waals surface area contributed by atoms with Gasteiger partial charge < -0.3 is 5.32 Å². The van der Waals surface area contributed by atoms with Crippen molar-refractivity contribution in [1.29, 1.82) is 0 Å². The molecule has 7 heteroatoms. The molecule has 0 fully saturated rings. The van der Waals surface area contributed by atoms with Crippen LogP contribution in [0.15, 0.2) is 12.3 Å². The summed E-state index contributed by atoms with van der Waals surface area (Å²) in [5, 5.41) is 12.9. The zero-order valence-electron chi connectivity index (χ0n) is 7.91. The number of hydrogen-bond acceptors (Lipinski definition) is 4. The zero-order valence-corrected chi connectivity index (χ0v) is 7.91. The maximum Gasteiger partial charge on any atom is 0.314 e. The van der Waals surface area contributed by atoms with Gasteiger partial charge in [-0.1, -0.05) is 0 Å². The Morgan fingerprint density at radius 1 is 1.67 bits per heavy atom. The quantitative estimate of drug-likeness (QED) is 0.618. The number of nitrogens with one attached hydrogen (secondary N) is 1.